The molecule has 98 valence electrons. The number of nitrogens with zero attached hydrogens (tertiary/aromatic N) is 1. The normalized spacial score (nSPS) is 18.2. The second kappa shape index (κ2) is 4.49. The van der Waals surface area contributed by atoms with E-state index in [2.05, 4.69) is 9.12 Å². The molecule has 6 nitrogen and oxygen atoms in total. The van der Waals surface area contributed by atoms with Crippen LogP contribution in [0.4, 0.5) is 5.69 Å². The number of ether oxygens (including phenoxy) is 1. The van der Waals surface area contributed by atoms with E-state index in [0.29, 0.717) is 17.0 Å². The van der Waals surface area contributed by atoms with Gasteiger partial charge in [0.1, 0.15) is 5.75 Å². The van der Waals surface area contributed by atoms with Crippen molar-refractivity contribution in [2.45, 2.75) is 26.4 Å². The molecule has 0 unspecified atom stereocenters. The lowest BCUT2D eigenvalue weighted by Gasteiger charge is -2.21. The monoisotopic (exact) mass is 269 g/mol. The SMILES string of the molecule is CC[C@H](C)Oc1cccc2c1C(N)=NS(=O)(=O)N2. The van der Waals surface area contributed by atoms with Gasteiger partial charge in [-0.1, -0.05) is 13.0 Å². The molecule has 1 aliphatic rings. The first-order valence-electron chi connectivity index (χ1n) is 5.61. The van der Waals surface area contributed by atoms with E-state index in [-0.39, 0.29) is 11.9 Å². The van der Waals surface area contributed by atoms with E-state index in [1.165, 1.54) is 0 Å². The Morgan fingerprint density at radius 2 is 2.22 bits per heavy atom. The fraction of sp³-hybridized carbons (Fsp3) is 0.364. The van der Waals surface area contributed by atoms with Gasteiger partial charge in [0, 0.05) is 0 Å². The lowest BCUT2D eigenvalue weighted by molar-refractivity contribution is 0.217. The minimum absolute atomic E-state index is 0.0165. The molecule has 0 bridgehead atoms. The molecule has 0 saturated heterocycles. The third-order valence-corrected chi connectivity index (χ3v) is 3.56. The van der Waals surface area contributed by atoms with Crippen LogP contribution in [0.2, 0.25) is 0 Å². The minimum atomic E-state index is -3.74. The van der Waals surface area contributed by atoms with Crippen LogP contribution in [-0.2, 0) is 10.2 Å². The molecule has 1 aliphatic heterocycles. The average Bonchev–Trinajstić information content (AvgIpc) is 2.26. The van der Waals surface area contributed by atoms with Crippen LogP contribution >= 0.6 is 0 Å². The number of hydrogen-bond donors (Lipinski definition) is 2. The first kappa shape index (κ1) is 12.7. The van der Waals surface area contributed by atoms with Gasteiger partial charge in [0.15, 0.2) is 5.84 Å². The van der Waals surface area contributed by atoms with Crippen LogP contribution in [0.3, 0.4) is 0 Å². The number of nitrogens with one attached hydrogen (secondary N) is 1. The molecule has 18 heavy (non-hydrogen) atoms. The van der Waals surface area contributed by atoms with Gasteiger partial charge in [0.25, 0.3) is 0 Å². The Kier molecular flexibility index (Phi) is 3.16. The van der Waals surface area contributed by atoms with E-state index in [4.69, 9.17) is 10.5 Å². The van der Waals surface area contributed by atoms with Gasteiger partial charge in [-0.05, 0) is 25.5 Å². The highest BCUT2D eigenvalue weighted by atomic mass is 32.2. The number of benzene rings is 1. The molecule has 0 aromatic heterocycles. The number of rotatable bonds is 3. The molecule has 0 saturated carbocycles. The van der Waals surface area contributed by atoms with Crippen LogP contribution in [-0.4, -0.2) is 20.4 Å². The molecule has 0 radical (unpaired) electrons. The summed E-state index contributed by atoms with van der Waals surface area (Å²) < 4.78 is 34.2. The number of nitrogens with two attached hydrogens (primary N) is 1. The Balaban J connectivity index is 2.49. The summed E-state index contributed by atoms with van der Waals surface area (Å²) in [4.78, 5) is 0. The Morgan fingerprint density at radius 1 is 1.50 bits per heavy atom. The smallest absolute Gasteiger partial charge is 0.344 e. The second-order valence-corrected chi connectivity index (χ2v) is 5.41. The number of hydrogen-bond acceptors (Lipinski definition) is 4. The van der Waals surface area contributed by atoms with E-state index in [1.54, 1.807) is 18.2 Å². The molecule has 0 aliphatic carbocycles. The molecule has 0 amide bonds. The fourth-order valence-corrected chi connectivity index (χ4v) is 2.46. The van der Waals surface area contributed by atoms with Crippen molar-refractivity contribution in [3.8, 4) is 5.75 Å². The predicted octanol–water partition coefficient (Wildman–Crippen LogP) is 1.24. The molecule has 0 fully saturated rings. The maximum Gasteiger partial charge on any atom is 0.344 e. The largest absolute Gasteiger partial charge is 0.490 e. The van der Waals surface area contributed by atoms with Gasteiger partial charge in [-0.3, -0.25) is 4.72 Å². The number of amidine groups is 1. The van der Waals surface area contributed by atoms with Crippen LogP contribution in [0.25, 0.3) is 0 Å². The van der Waals surface area contributed by atoms with E-state index in [9.17, 15) is 8.42 Å². The van der Waals surface area contributed by atoms with Gasteiger partial charge >= 0.3 is 10.2 Å². The van der Waals surface area contributed by atoms with Crippen molar-refractivity contribution in [3.63, 3.8) is 0 Å². The first-order valence-corrected chi connectivity index (χ1v) is 7.05. The summed E-state index contributed by atoms with van der Waals surface area (Å²) in [5, 5.41) is 0. The highest BCUT2D eigenvalue weighted by Crippen LogP contribution is 2.31. The zero-order chi connectivity index (χ0) is 13.3. The molecule has 3 N–H and O–H groups in total. The van der Waals surface area contributed by atoms with Crippen LogP contribution in [0, 0.1) is 0 Å². The highest BCUT2D eigenvalue weighted by Gasteiger charge is 2.24. The zero-order valence-corrected chi connectivity index (χ0v) is 11.0. The number of anilines is 1. The van der Waals surface area contributed by atoms with E-state index < -0.39 is 10.2 Å². The molecule has 1 aromatic carbocycles. The summed E-state index contributed by atoms with van der Waals surface area (Å²) in [6.07, 6.45) is 0.856. The Morgan fingerprint density at radius 3 is 2.89 bits per heavy atom. The van der Waals surface area contributed by atoms with Gasteiger partial charge in [-0.2, -0.15) is 8.42 Å². The second-order valence-electron chi connectivity index (χ2n) is 4.07. The summed E-state index contributed by atoms with van der Waals surface area (Å²) in [6.45, 7) is 3.93. The molecule has 1 heterocycles. The summed E-state index contributed by atoms with van der Waals surface area (Å²) in [7, 11) is -3.74. The van der Waals surface area contributed by atoms with Crippen LogP contribution < -0.4 is 15.2 Å². The van der Waals surface area contributed by atoms with Crippen molar-refractivity contribution in [2.24, 2.45) is 10.1 Å². The van der Waals surface area contributed by atoms with Crippen molar-refractivity contribution in [2.75, 3.05) is 4.72 Å². The van der Waals surface area contributed by atoms with Gasteiger partial charge < -0.3 is 10.5 Å². The first-order chi connectivity index (χ1) is 8.43. The molecular formula is C11H15N3O3S. The number of fused-ring (bicyclic) bond motifs is 1. The summed E-state index contributed by atoms with van der Waals surface area (Å²) in [6, 6.07) is 5.07. The van der Waals surface area contributed by atoms with Gasteiger partial charge in [0.2, 0.25) is 0 Å². The van der Waals surface area contributed by atoms with Crippen molar-refractivity contribution in [1.82, 2.24) is 0 Å². The fourth-order valence-electron chi connectivity index (χ4n) is 1.62. The zero-order valence-electron chi connectivity index (χ0n) is 10.2. The van der Waals surface area contributed by atoms with Crippen LogP contribution in [0.15, 0.2) is 22.6 Å². The van der Waals surface area contributed by atoms with Crippen molar-refractivity contribution in [1.29, 1.82) is 0 Å². The third kappa shape index (κ3) is 2.40. The van der Waals surface area contributed by atoms with Gasteiger partial charge in [0.05, 0.1) is 17.4 Å². The van der Waals surface area contributed by atoms with Crippen molar-refractivity contribution < 1.29 is 13.2 Å². The summed E-state index contributed by atoms with van der Waals surface area (Å²) in [5.41, 5.74) is 6.58. The van der Waals surface area contributed by atoms with E-state index >= 15 is 0 Å². The van der Waals surface area contributed by atoms with Crippen LogP contribution in [0.5, 0.6) is 5.75 Å². The standard InChI is InChI=1S/C11H15N3O3S/c1-3-7(2)17-9-6-4-5-8-10(9)11(12)14-18(15,16)13-8/h4-7,13H,3H2,1-2H3,(H2,12,14)/t7-/m0/s1. The Labute approximate surface area is 106 Å². The van der Waals surface area contributed by atoms with Crippen molar-refractivity contribution >= 4 is 21.7 Å². The lowest BCUT2D eigenvalue weighted by atomic mass is 10.1. The summed E-state index contributed by atoms with van der Waals surface area (Å²) in [5.74, 6) is 0.480. The van der Waals surface area contributed by atoms with Crippen LogP contribution in [0.1, 0.15) is 25.8 Å². The molecule has 2 rings (SSSR count). The van der Waals surface area contributed by atoms with Gasteiger partial charge in [-0.25, -0.2) is 0 Å². The maximum absolute atomic E-state index is 11.4. The molecular weight excluding hydrogens is 254 g/mol. The summed E-state index contributed by atoms with van der Waals surface area (Å²) >= 11 is 0. The average molecular weight is 269 g/mol. The predicted molar refractivity (Wildman–Crippen MR) is 70.1 cm³/mol. The Bertz CT molecular complexity index is 596. The Hall–Kier alpha value is -1.76. The molecule has 0 spiro atoms. The maximum atomic E-state index is 11.4. The van der Waals surface area contributed by atoms with E-state index in [1.807, 2.05) is 13.8 Å². The lowest BCUT2D eigenvalue weighted by Crippen LogP contribution is -2.27. The molecule has 1 aromatic rings. The van der Waals surface area contributed by atoms with Crippen molar-refractivity contribution in [3.05, 3.63) is 23.8 Å². The van der Waals surface area contributed by atoms with E-state index in [0.717, 1.165) is 6.42 Å². The molecule has 1 atom stereocenters. The van der Waals surface area contributed by atoms with Gasteiger partial charge in [-0.15, -0.1) is 4.40 Å². The quantitative estimate of drug-likeness (QED) is 0.863. The highest BCUT2D eigenvalue weighted by molar-refractivity contribution is 7.91. The topological polar surface area (TPSA) is 93.8 Å². The third-order valence-electron chi connectivity index (χ3n) is 2.64. The minimum Gasteiger partial charge on any atom is -0.490 e. The molecule has 7 heteroatoms.